The number of rotatable bonds is 7. The fourth-order valence-electron chi connectivity index (χ4n) is 2.43. The number of aromatic nitrogens is 2. The zero-order valence-electron chi connectivity index (χ0n) is 12.3. The molecule has 0 fully saturated rings. The summed E-state index contributed by atoms with van der Waals surface area (Å²) in [4.78, 5) is 4.66. The molecule has 0 aliphatic rings. The Morgan fingerprint density at radius 3 is 2.85 bits per heavy atom. The van der Waals surface area contributed by atoms with Gasteiger partial charge in [0.25, 0.3) is 0 Å². The third-order valence-electron chi connectivity index (χ3n) is 3.49. The van der Waals surface area contributed by atoms with Crippen molar-refractivity contribution >= 4 is 11.0 Å². The molecule has 1 aromatic heterocycles. The van der Waals surface area contributed by atoms with Gasteiger partial charge in [-0.05, 0) is 31.5 Å². The first-order chi connectivity index (χ1) is 9.80. The highest BCUT2D eigenvalue weighted by atomic mass is 15.1. The summed E-state index contributed by atoms with van der Waals surface area (Å²) in [5.41, 5.74) is 2.20. The highest BCUT2D eigenvalue weighted by Gasteiger charge is 2.11. The minimum atomic E-state index is -0.0826. The van der Waals surface area contributed by atoms with E-state index in [0.717, 1.165) is 49.2 Å². The third-order valence-corrected chi connectivity index (χ3v) is 3.49. The van der Waals surface area contributed by atoms with Crippen LogP contribution in [-0.2, 0) is 13.0 Å². The van der Waals surface area contributed by atoms with E-state index in [1.165, 1.54) is 0 Å². The van der Waals surface area contributed by atoms with Crippen LogP contribution in [0.4, 0.5) is 0 Å². The Balaban J connectivity index is 2.14. The summed E-state index contributed by atoms with van der Waals surface area (Å²) in [5.74, 6) is 1.10. The van der Waals surface area contributed by atoms with Crippen molar-refractivity contribution in [2.45, 2.75) is 45.7 Å². The summed E-state index contributed by atoms with van der Waals surface area (Å²) in [6.07, 6.45) is 2.77. The molecular weight excluding hydrogens is 248 g/mol. The number of nitrogens with one attached hydrogen (secondary N) is 1. The van der Waals surface area contributed by atoms with Crippen molar-refractivity contribution < 1.29 is 0 Å². The van der Waals surface area contributed by atoms with Crippen LogP contribution >= 0.6 is 0 Å². The number of para-hydroxylation sites is 2. The average molecular weight is 270 g/mol. The standard InChI is InChI=1S/C16H22N4/c1-3-10-18-13(12-17)9-11-20-15-8-6-5-7-14(15)19-16(20)4-2/h5-8,13,18H,3-4,9-11H2,1-2H3. The molecule has 0 radical (unpaired) electrons. The summed E-state index contributed by atoms with van der Waals surface area (Å²) >= 11 is 0. The molecule has 0 aliphatic carbocycles. The maximum Gasteiger partial charge on any atom is 0.109 e. The largest absolute Gasteiger partial charge is 0.328 e. The molecular formula is C16H22N4. The van der Waals surface area contributed by atoms with Gasteiger partial charge in [-0.15, -0.1) is 0 Å². The van der Waals surface area contributed by atoms with Gasteiger partial charge >= 0.3 is 0 Å². The van der Waals surface area contributed by atoms with E-state index in [1.807, 2.05) is 18.2 Å². The molecule has 1 atom stereocenters. The highest BCUT2D eigenvalue weighted by Crippen LogP contribution is 2.17. The van der Waals surface area contributed by atoms with Crippen LogP contribution < -0.4 is 5.32 Å². The molecule has 0 amide bonds. The van der Waals surface area contributed by atoms with E-state index in [4.69, 9.17) is 0 Å². The number of hydrogen-bond acceptors (Lipinski definition) is 3. The maximum atomic E-state index is 9.18. The molecule has 1 aromatic carbocycles. The van der Waals surface area contributed by atoms with Crippen molar-refractivity contribution in [2.75, 3.05) is 6.54 Å². The summed E-state index contributed by atoms with van der Waals surface area (Å²) in [6, 6.07) is 10.5. The van der Waals surface area contributed by atoms with Crippen LogP contribution in [0.3, 0.4) is 0 Å². The van der Waals surface area contributed by atoms with E-state index >= 15 is 0 Å². The lowest BCUT2D eigenvalue weighted by Gasteiger charge is -2.13. The Hall–Kier alpha value is -1.86. The van der Waals surface area contributed by atoms with Crippen LogP contribution in [0, 0.1) is 11.3 Å². The fourth-order valence-corrected chi connectivity index (χ4v) is 2.43. The molecule has 106 valence electrons. The third kappa shape index (κ3) is 3.17. The van der Waals surface area contributed by atoms with Crippen LogP contribution in [0.5, 0.6) is 0 Å². The van der Waals surface area contributed by atoms with E-state index in [2.05, 4.69) is 40.9 Å². The molecule has 1 N–H and O–H groups in total. The van der Waals surface area contributed by atoms with Crippen LogP contribution in [0.1, 0.15) is 32.5 Å². The molecule has 2 aromatic rings. The summed E-state index contributed by atoms with van der Waals surface area (Å²) in [6.45, 7) is 5.96. The van der Waals surface area contributed by atoms with E-state index in [9.17, 15) is 5.26 Å². The summed E-state index contributed by atoms with van der Waals surface area (Å²) in [5, 5.41) is 12.5. The van der Waals surface area contributed by atoms with Crippen LogP contribution in [0.15, 0.2) is 24.3 Å². The van der Waals surface area contributed by atoms with Gasteiger partial charge in [-0.25, -0.2) is 4.98 Å². The smallest absolute Gasteiger partial charge is 0.109 e. The first kappa shape index (κ1) is 14.5. The van der Waals surface area contributed by atoms with Crippen molar-refractivity contribution in [2.24, 2.45) is 0 Å². The lowest BCUT2D eigenvalue weighted by molar-refractivity contribution is 0.514. The predicted molar refractivity (Wildman–Crippen MR) is 81.4 cm³/mol. The molecule has 0 aliphatic heterocycles. The Morgan fingerprint density at radius 2 is 2.15 bits per heavy atom. The second-order valence-corrected chi connectivity index (χ2v) is 4.95. The second-order valence-electron chi connectivity index (χ2n) is 4.95. The Bertz CT molecular complexity index is 594. The monoisotopic (exact) mass is 270 g/mol. The summed E-state index contributed by atoms with van der Waals surface area (Å²) < 4.78 is 2.24. The molecule has 1 unspecified atom stereocenters. The second kappa shape index (κ2) is 7.06. The van der Waals surface area contributed by atoms with E-state index in [0.29, 0.717) is 0 Å². The highest BCUT2D eigenvalue weighted by molar-refractivity contribution is 5.75. The molecule has 4 nitrogen and oxygen atoms in total. The SMILES string of the molecule is CCCNC(C#N)CCn1c(CC)nc2ccccc21. The molecule has 0 spiro atoms. The topological polar surface area (TPSA) is 53.6 Å². The van der Waals surface area contributed by atoms with Gasteiger partial charge in [0.15, 0.2) is 0 Å². The van der Waals surface area contributed by atoms with Gasteiger partial charge in [0, 0.05) is 13.0 Å². The molecule has 2 rings (SSSR count). The van der Waals surface area contributed by atoms with Gasteiger partial charge in [0.1, 0.15) is 5.82 Å². The molecule has 0 bridgehead atoms. The van der Waals surface area contributed by atoms with E-state index in [1.54, 1.807) is 0 Å². The lowest BCUT2D eigenvalue weighted by atomic mass is 10.2. The number of hydrogen-bond donors (Lipinski definition) is 1. The number of nitrogens with zero attached hydrogens (tertiary/aromatic N) is 3. The van der Waals surface area contributed by atoms with Gasteiger partial charge in [0.2, 0.25) is 0 Å². The van der Waals surface area contributed by atoms with Crippen LogP contribution in [0.25, 0.3) is 11.0 Å². The van der Waals surface area contributed by atoms with Gasteiger partial charge in [0.05, 0.1) is 23.1 Å². The first-order valence-corrected chi connectivity index (χ1v) is 7.37. The van der Waals surface area contributed by atoms with E-state index in [-0.39, 0.29) is 6.04 Å². The maximum absolute atomic E-state index is 9.18. The average Bonchev–Trinajstić information content (AvgIpc) is 2.85. The Morgan fingerprint density at radius 1 is 1.35 bits per heavy atom. The fraction of sp³-hybridized carbons (Fsp3) is 0.500. The molecule has 1 heterocycles. The molecule has 0 saturated carbocycles. The first-order valence-electron chi connectivity index (χ1n) is 7.37. The Labute approximate surface area is 120 Å². The van der Waals surface area contributed by atoms with Gasteiger partial charge in [-0.2, -0.15) is 5.26 Å². The number of imidazole rings is 1. The zero-order chi connectivity index (χ0) is 14.4. The number of aryl methyl sites for hydroxylation is 2. The normalized spacial score (nSPS) is 12.4. The van der Waals surface area contributed by atoms with Crippen LogP contribution in [-0.4, -0.2) is 22.1 Å². The molecule has 0 saturated heterocycles. The molecule has 4 heteroatoms. The van der Waals surface area contributed by atoms with Gasteiger partial charge < -0.3 is 9.88 Å². The minimum Gasteiger partial charge on any atom is -0.328 e. The van der Waals surface area contributed by atoms with Gasteiger partial charge in [-0.3, -0.25) is 0 Å². The van der Waals surface area contributed by atoms with Crippen molar-refractivity contribution in [3.63, 3.8) is 0 Å². The Kier molecular flexibility index (Phi) is 5.14. The number of fused-ring (bicyclic) bond motifs is 1. The molecule has 20 heavy (non-hydrogen) atoms. The quantitative estimate of drug-likeness (QED) is 0.841. The van der Waals surface area contributed by atoms with E-state index < -0.39 is 0 Å². The van der Waals surface area contributed by atoms with Crippen molar-refractivity contribution in [3.8, 4) is 6.07 Å². The lowest BCUT2D eigenvalue weighted by Crippen LogP contribution is -2.29. The number of benzene rings is 1. The summed E-state index contributed by atoms with van der Waals surface area (Å²) in [7, 11) is 0. The zero-order valence-corrected chi connectivity index (χ0v) is 12.3. The van der Waals surface area contributed by atoms with Crippen molar-refractivity contribution in [3.05, 3.63) is 30.1 Å². The predicted octanol–water partition coefficient (Wildman–Crippen LogP) is 2.88. The van der Waals surface area contributed by atoms with Crippen molar-refractivity contribution in [1.82, 2.24) is 14.9 Å². The van der Waals surface area contributed by atoms with Gasteiger partial charge in [-0.1, -0.05) is 26.0 Å². The minimum absolute atomic E-state index is 0.0826. The van der Waals surface area contributed by atoms with Crippen LogP contribution in [0.2, 0.25) is 0 Å². The number of nitriles is 1. The van der Waals surface area contributed by atoms with Crippen molar-refractivity contribution in [1.29, 1.82) is 5.26 Å².